The minimum absolute atomic E-state index is 0.0758. The van der Waals surface area contributed by atoms with E-state index in [-0.39, 0.29) is 12.7 Å². The minimum atomic E-state index is -0.0758. The largest absolute Gasteiger partial charge is 0.454 e. The van der Waals surface area contributed by atoms with Gasteiger partial charge in [0.25, 0.3) is 0 Å². The molecule has 0 spiro atoms. The number of benzene rings is 2. The van der Waals surface area contributed by atoms with Crippen molar-refractivity contribution in [1.82, 2.24) is 9.88 Å². The molecule has 3 aromatic rings. The third-order valence-corrected chi connectivity index (χ3v) is 4.81. The number of hydrogen-bond acceptors (Lipinski definition) is 4. The standard InChI is InChI=1S/C22H19ClN2O3/c1-2-25(13-15-3-9-20-21(11-15)28-14-27-20)22(26)10-8-18-7-5-16-4-6-17(23)12-19(16)24-18/h3-12H,2,13-14H2,1H3. The molecular formula is C22H19ClN2O3. The highest BCUT2D eigenvalue weighted by Crippen LogP contribution is 2.32. The first-order chi connectivity index (χ1) is 13.6. The van der Waals surface area contributed by atoms with Gasteiger partial charge < -0.3 is 14.4 Å². The number of halogens is 1. The maximum Gasteiger partial charge on any atom is 0.246 e. The normalized spacial score (nSPS) is 12.6. The van der Waals surface area contributed by atoms with E-state index in [9.17, 15) is 4.79 Å². The summed E-state index contributed by atoms with van der Waals surface area (Å²) < 4.78 is 10.7. The topological polar surface area (TPSA) is 51.7 Å². The van der Waals surface area contributed by atoms with Gasteiger partial charge in [-0.1, -0.05) is 29.8 Å². The van der Waals surface area contributed by atoms with Crippen LogP contribution in [0.2, 0.25) is 5.02 Å². The molecule has 0 aliphatic carbocycles. The highest BCUT2D eigenvalue weighted by molar-refractivity contribution is 6.31. The molecule has 5 nitrogen and oxygen atoms in total. The lowest BCUT2D eigenvalue weighted by Crippen LogP contribution is -2.28. The number of fused-ring (bicyclic) bond motifs is 2. The highest BCUT2D eigenvalue weighted by Gasteiger charge is 2.15. The molecule has 6 heteroatoms. The zero-order valence-electron chi connectivity index (χ0n) is 15.4. The number of pyridine rings is 1. The molecule has 1 aliphatic rings. The van der Waals surface area contributed by atoms with Crippen LogP contribution in [-0.4, -0.2) is 29.1 Å². The summed E-state index contributed by atoms with van der Waals surface area (Å²) >= 11 is 6.04. The Bertz CT molecular complexity index is 1060. The van der Waals surface area contributed by atoms with E-state index in [2.05, 4.69) is 4.98 Å². The van der Waals surface area contributed by atoms with Crippen LogP contribution in [-0.2, 0) is 11.3 Å². The van der Waals surface area contributed by atoms with E-state index < -0.39 is 0 Å². The van der Waals surface area contributed by atoms with Gasteiger partial charge in [0, 0.05) is 29.6 Å². The van der Waals surface area contributed by atoms with E-state index >= 15 is 0 Å². The molecule has 0 radical (unpaired) electrons. The summed E-state index contributed by atoms with van der Waals surface area (Å²) in [6.07, 6.45) is 3.28. The van der Waals surface area contributed by atoms with E-state index in [0.717, 1.165) is 28.0 Å². The monoisotopic (exact) mass is 394 g/mol. The van der Waals surface area contributed by atoms with Gasteiger partial charge in [0.15, 0.2) is 11.5 Å². The second-order valence-corrected chi connectivity index (χ2v) is 6.88. The molecule has 2 heterocycles. The van der Waals surface area contributed by atoms with Crippen molar-refractivity contribution in [2.45, 2.75) is 13.5 Å². The lowest BCUT2D eigenvalue weighted by Gasteiger charge is -2.19. The molecule has 1 aliphatic heterocycles. The van der Waals surface area contributed by atoms with Gasteiger partial charge in [-0.3, -0.25) is 4.79 Å². The Morgan fingerprint density at radius 1 is 1.14 bits per heavy atom. The number of nitrogens with zero attached hydrogens (tertiary/aromatic N) is 2. The Morgan fingerprint density at radius 3 is 2.82 bits per heavy atom. The van der Waals surface area contributed by atoms with E-state index in [1.165, 1.54) is 0 Å². The summed E-state index contributed by atoms with van der Waals surface area (Å²) in [4.78, 5) is 18.9. The van der Waals surface area contributed by atoms with Gasteiger partial charge in [0.1, 0.15) is 0 Å². The molecular weight excluding hydrogens is 376 g/mol. The average molecular weight is 395 g/mol. The fourth-order valence-electron chi connectivity index (χ4n) is 3.07. The van der Waals surface area contributed by atoms with E-state index in [1.54, 1.807) is 17.1 Å². The van der Waals surface area contributed by atoms with Crippen molar-refractivity contribution in [3.63, 3.8) is 0 Å². The van der Waals surface area contributed by atoms with Crippen molar-refractivity contribution < 1.29 is 14.3 Å². The number of carbonyl (C=O) groups excluding carboxylic acids is 1. The second kappa shape index (κ2) is 7.90. The van der Waals surface area contributed by atoms with Gasteiger partial charge >= 0.3 is 0 Å². The van der Waals surface area contributed by atoms with Crippen LogP contribution in [0.25, 0.3) is 17.0 Å². The first-order valence-corrected chi connectivity index (χ1v) is 9.42. The molecule has 1 amide bonds. The first kappa shape index (κ1) is 18.3. The van der Waals surface area contributed by atoms with Crippen molar-refractivity contribution >= 4 is 34.5 Å². The molecule has 0 bridgehead atoms. The van der Waals surface area contributed by atoms with Crippen LogP contribution in [0.5, 0.6) is 11.5 Å². The zero-order valence-corrected chi connectivity index (χ0v) is 16.1. The predicted octanol–water partition coefficient (Wildman–Crippen LogP) is 4.68. The Morgan fingerprint density at radius 2 is 1.96 bits per heavy atom. The Balaban J connectivity index is 1.48. The molecule has 0 fully saturated rings. The number of rotatable bonds is 5. The van der Waals surface area contributed by atoms with Crippen LogP contribution in [0, 0.1) is 0 Å². The third-order valence-electron chi connectivity index (χ3n) is 4.58. The van der Waals surface area contributed by atoms with Crippen LogP contribution in [0.3, 0.4) is 0 Å². The molecule has 0 N–H and O–H groups in total. The first-order valence-electron chi connectivity index (χ1n) is 9.04. The highest BCUT2D eigenvalue weighted by atomic mass is 35.5. The van der Waals surface area contributed by atoms with Crippen molar-refractivity contribution in [3.05, 3.63) is 70.9 Å². The fourth-order valence-corrected chi connectivity index (χ4v) is 3.23. The molecule has 2 aromatic carbocycles. The number of carbonyl (C=O) groups is 1. The Kier molecular flexibility index (Phi) is 5.17. The molecule has 0 unspecified atom stereocenters. The minimum Gasteiger partial charge on any atom is -0.454 e. The molecule has 1 aromatic heterocycles. The smallest absolute Gasteiger partial charge is 0.246 e. The lowest BCUT2D eigenvalue weighted by molar-refractivity contribution is -0.126. The van der Waals surface area contributed by atoms with E-state index in [1.807, 2.05) is 55.5 Å². The van der Waals surface area contributed by atoms with Crippen LogP contribution < -0.4 is 9.47 Å². The number of amides is 1. The van der Waals surface area contributed by atoms with Crippen molar-refractivity contribution in [3.8, 4) is 11.5 Å². The molecule has 142 valence electrons. The molecule has 0 atom stereocenters. The summed E-state index contributed by atoms with van der Waals surface area (Å²) in [6.45, 7) is 3.28. The van der Waals surface area contributed by atoms with Gasteiger partial charge in [-0.25, -0.2) is 4.98 Å². The van der Waals surface area contributed by atoms with Crippen molar-refractivity contribution in [2.24, 2.45) is 0 Å². The van der Waals surface area contributed by atoms with Gasteiger partial charge in [0.05, 0.1) is 11.2 Å². The SMILES string of the molecule is CCN(Cc1ccc2c(c1)OCO2)C(=O)C=Cc1ccc2ccc(Cl)cc2n1. The summed E-state index contributed by atoms with van der Waals surface area (Å²) in [5.74, 6) is 1.38. The average Bonchev–Trinajstić information content (AvgIpc) is 3.17. The predicted molar refractivity (Wildman–Crippen MR) is 109 cm³/mol. The molecule has 28 heavy (non-hydrogen) atoms. The third kappa shape index (κ3) is 3.94. The number of ether oxygens (including phenoxy) is 2. The van der Waals surface area contributed by atoms with E-state index in [4.69, 9.17) is 21.1 Å². The Labute approximate surface area is 168 Å². The quantitative estimate of drug-likeness (QED) is 0.589. The van der Waals surface area contributed by atoms with Gasteiger partial charge in [-0.15, -0.1) is 0 Å². The Hall–Kier alpha value is -3.05. The van der Waals surface area contributed by atoms with Crippen LogP contribution in [0.15, 0.2) is 54.6 Å². The maximum atomic E-state index is 12.6. The summed E-state index contributed by atoms with van der Waals surface area (Å²) in [5, 5.41) is 1.64. The molecule has 0 saturated heterocycles. The van der Waals surface area contributed by atoms with Crippen LogP contribution in [0.1, 0.15) is 18.2 Å². The maximum absolute atomic E-state index is 12.6. The van der Waals surface area contributed by atoms with Crippen LogP contribution in [0.4, 0.5) is 0 Å². The van der Waals surface area contributed by atoms with Crippen molar-refractivity contribution in [1.29, 1.82) is 0 Å². The molecule has 0 saturated carbocycles. The number of hydrogen-bond donors (Lipinski definition) is 0. The van der Waals surface area contributed by atoms with Crippen molar-refractivity contribution in [2.75, 3.05) is 13.3 Å². The second-order valence-electron chi connectivity index (χ2n) is 6.45. The van der Waals surface area contributed by atoms with Gasteiger partial charge in [-0.05, 0) is 48.9 Å². The summed E-state index contributed by atoms with van der Waals surface area (Å²) in [7, 11) is 0. The van der Waals surface area contributed by atoms with Crippen LogP contribution >= 0.6 is 11.6 Å². The van der Waals surface area contributed by atoms with Gasteiger partial charge in [0.2, 0.25) is 12.7 Å². The number of likely N-dealkylation sites (N-methyl/N-ethyl adjacent to an activating group) is 1. The lowest BCUT2D eigenvalue weighted by atomic mass is 10.2. The molecule has 4 rings (SSSR count). The van der Waals surface area contributed by atoms with Gasteiger partial charge in [-0.2, -0.15) is 0 Å². The summed E-state index contributed by atoms with van der Waals surface area (Å²) in [6, 6.07) is 15.1. The zero-order chi connectivity index (χ0) is 19.5. The summed E-state index contributed by atoms with van der Waals surface area (Å²) in [5.41, 5.74) is 2.50. The van der Waals surface area contributed by atoms with E-state index in [0.29, 0.717) is 23.8 Å². The fraction of sp³-hybridized carbons (Fsp3) is 0.182. The number of aromatic nitrogens is 1.